The van der Waals surface area contributed by atoms with Crippen molar-refractivity contribution in [1.82, 2.24) is 19.4 Å². The van der Waals surface area contributed by atoms with Gasteiger partial charge in [-0.1, -0.05) is 6.07 Å². The summed E-state index contributed by atoms with van der Waals surface area (Å²) in [6.07, 6.45) is 4.49. The number of hydrogen-bond donors (Lipinski definition) is 0. The zero-order valence-electron chi connectivity index (χ0n) is 12.7. The number of carbonyl (C=O) groups excluding carboxylic acids is 1. The predicted molar refractivity (Wildman–Crippen MR) is 82.1 cm³/mol. The minimum Gasteiger partial charge on any atom is -0.454 e. The normalized spacial score (nSPS) is 10.7. The first-order valence-corrected chi connectivity index (χ1v) is 6.98. The van der Waals surface area contributed by atoms with E-state index in [1.807, 2.05) is 13.0 Å². The fourth-order valence-corrected chi connectivity index (χ4v) is 2.09. The van der Waals surface area contributed by atoms with Crippen LogP contribution in [-0.4, -0.2) is 25.3 Å². The third-order valence-electron chi connectivity index (χ3n) is 3.28. The van der Waals surface area contributed by atoms with Crippen LogP contribution in [0, 0.1) is 13.8 Å². The highest BCUT2D eigenvalue weighted by Gasteiger charge is 2.11. The molecule has 0 saturated heterocycles. The monoisotopic (exact) mass is 310 g/mol. The Morgan fingerprint density at radius 2 is 2.09 bits per heavy atom. The van der Waals surface area contributed by atoms with Gasteiger partial charge in [0.15, 0.2) is 5.69 Å². The van der Waals surface area contributed by atoms with E-state index < -0.39 is 5.97 Å². The number of fused-ring (bicyclic) bond motifs is 1. The summed E-state index contributed by atoms with van der Waals surface area (Å²) in [5, 5.41) is 0. The van der Waals surface area contributed by atoms with E-state index in [9.17, 15) is 9.59 Å². The number of rotatable bonds is 3. The molecule has 0 bridgehead atoms. The lowest BCUT2D eigenvalue weighted by molar-refractivity contribution is 0.0460. The summed E-state index contributed by atoms with van der Waals surface area (Å²) in [4.78, 5) is 36.3. The van der Waals surface area contributed by atoms with E-state index >= 15 is 0 Å². The fourth-order valence-electron chi connectivity index (χ4n) is 2.09. The van der Waals surface area contributed by atoms with Gasteiger partial charge in [0.1, 0.15) is 12.3 Å². The summed E-state index contributed by atoms with van der Waals surface area (Å²) < 4.78 is 6.60. The molecule has 0 radical (unpaired) electrons. The largest absolute Gasteiger partial charge is 0.454 e. The van der Waals surface area contributed by atoms with Gasteiger partial charge in [0.05, 0.1) is 17.6 Å². The van der Waals surface area contributed by atoms with Gasteiger partial charge in [0.2, 0.25) is 0 Å². The maximum Gasteiger partial charge on any atom is 0.358 e. The van der Waals surface area contributed by atoms with Gasteiger partial charge < -0.3 is 4.74 Å². The zero-order chi connectivity index (χ0) is 16.4. The van der Waals surface area contributed by atoms with Crippen molar-refractivity contribution in [1.29, 1.82) is 0 Å². The maximum atomic E-state index is 12.1. The standard InChI is InChI=1S/C16H14N4O3/c1-10-4-3-5-20-14(21)6-12(19-15(10)20)9-23-16(22)13-8-17-11(2)7-18-13/h3-8H,9H2,1-2H3. The highest BCUT2D eigenvalue weighted by atomic mass is 16.5. The minimum atomic E-state index is -0.607. The average molecular weight is 310 g/mol. The third-order valence-corrected chi connectivity index (χ3v) is 3.28. The number of hydrogen-bond acceptors (Lipinski definition) is 6. The van der Waals surface area contributed by atoms with Crippen LogP contribution in [0.15, 0.2) is 41.6 Å². The number of carbonyl (C=O) groups is 1. The number of aryl methyl sites for hydroxylation is 2. The molecule has 7 nitrogen and oxygen atoms in total. The number of nitrogens with zero attached hydrogens (tertiary/aromatic N) is 4. The highest BCUT2D eigenvalue weighted by molar-refractivity contribution is 5.86. The van der Waals surface area contributed by atoms with Gasteiger partial charge in [-0.25, -0.2) is 14.8 Å². The van der Waals surface area contributed by atoms with E-state index in [4.69, 9.17) is 4.74 Å². The van der Waals surface area contributed by atoms with Crippen LogP contribution in [0.2, 0.25) is 0 Å². The van der Waals surface area contributed by atoms with Crippen molar-refractivity contribution in [2.45, 2.75) is 20.5 Å². The van der Waals surface area contributed by atoms with Crippen LogP contribution in [0.4, 0.5) is 0 Å². The van der Waals surface area contributed by atoms with E-state index in [1.165, 1.54) is 22.9 Å². The lowest BCUT2D eigenvalue weighted by Gasteiger charge is -2.07. The Morgan fingerprint density at radius 3 is 2.83 bits per heavy atom. The molecule has 0 saturated carbocycles. The average Bonchev–Trinajstić information content (AvgIpc) is 2.54. The number of esters is 1. The molecule has 0 unspecified atom stereocenters. The molecule has 0 aromatic carbocycles. The minimum absolute atomic E-state index is 0.103. The molecule has 7 heteroatoms. The molecule has 3 aromatic heterocycles. The van der Waals surface area contributed by atoms with Crippen molar-refractivity contribution in [3.63, 3.8) is 0 Å². The Bertz CT molecular complexity index is 932. The van der Waals surface area contributed by atoms with Gasteiger partial charge in [0, 0.05) is 18.5 Å². The molecule has 3 heterocycles. The second-order valence-electron chi connectivity index (χ2n) is 5.09. The third kappa shape index (κ3) is 3.08. The molecule has 0 amide bonds. The molecule has 3 aromatic rings. The molecule has 116 valence electrons. The van der Waals surface area contributed by atoms with E-state index in [0.29, 0.717) is 17.0 Å². The van der Waals surface area contributed by atoms with Gasteiger partial charge in [-0.15, -0.1) is 0 Å². The van der Waals surface area contributed by atoms with Crippen molar-refractivity contribution in [2.75, 3.05) is 0 Å². The van der Waals surface area contributed by atoms with Crippen molar-refractivity contribution >= 4 is 11.6 Å². The second-order valence-corrected chi connectivity index (χ2v) is 5.09. The van der Waals surface area contributed by atoms with Crippen LogP contribution >= 0.6 is 0 Å². The summed E-state index contributed by atoms with van der Waals surface area (Å²) in [7, 11) is 0. The van der Waals surface area contributed by atoms with Gasteiger partial charge in [-0.3, -0.25) is 14.2 Å². The van der Waals surface area contributed by atoms with Crippen molar-refractivity contribution < 1.29 is 9.53 Å². The Hall–Kier alpha value is -3.09. The van der Waals surface area contributed by atoms with E-state index in [1.54, 1.807) is 19.2 Å². The Balaban J connectivity index is 1.82. The lowest BCUT2D eigenvalue weighted by Crippen LogP contribution is -2.17. The van der Waals surface area contributed by atoms with Crippen LogP contribution in [-0.2, 0) is 11.3 Å². The summed E-state index contributed by atoms with van der Waals surface area (Å²) >= 11 is 0. The SMILES string of the molecule is Cc1cnc(C(=O)OCc2cc(=O)n3cccc(C)c3n2)cn1. The Morgan fingerprint density at radius 1 is 1.26 bits per heavy atom. The fraction of sp³-hybridized carbons (Fsp3) is 0.188. The maximum absolute atomic E-state index is 12.1. The molecule has 23 heavy (non-hydrogen) atoms. The molecule has 0 N–H and O–H groups in total. The molecule has 3 rings (SSSR count). The summed E-state index contributed by atoms with van der Waals surface area (Å²) in [6, 6.07) is 4.99. The first-order chi connectivity index (χ1) is 11.0. The van der Waals surface area contributed by atoms with E-state index in [2.05, 4.69) is 15.0 Å². The smallest absolute Gasteiger partial charge is 0.358 e. The van der Waals surface area contributed by atoms with Gasteiger partial charge in [0.25, 0.3) is 5.56 Å². The second kappa shape index (κ2) is 5.96. The number of ether oxygens (including phenoxy) is 1. The first-order valence-electron chi connectivity index (χ1n) is 6.98. The van der Waals surface area contributed by atoms with Crippen LogP contribution in [0.3, 0.4) is 0 Å². The number of pyridine rings is 1. The zero-order valence-corrected chi connectivity index (χ0v) is 12.7. The quantitative estimate of drug-likeness (QED) is 0.681. The van der Waals surface area contributed by atoms with Gasteiger partial charge in [-0.2, -0.15) is 0 Å². The van der Waals surface area contributed by atoms with Gasteiger partial charge >= 0.3 is 5.97 Å². The van der Waals surface area contributed by atoms with E-state index in [-0.39, 0.29) is 17.9 Å². The summed E-state index contributed by atoms with van der Waals surface area (Å²) in [5.41, 5.74) is 2.39. The lowest BCUT2D eigenvalue weighted by atomic mass is 10.3. The Labute approximate surface area is 131 Å². The summed E-state index contributed by atoms with van der Waals surface area (Å²) in [5.74, 6) is -0.607. The molecular weight excluding hydrogens is 296 g/mol. The van der Waals surface area contributed by atoms with Crippen molar-refractivity contribution in [3.8, 4) is 0 Å². The molecule has 0 spiro atoms. The molecule has 0 aliphatic carbocycles. The number of aromatic nitrogens is 4. The van der Waals surface area contributed by atoms with Gasteiger partial charge in [-0.05, 0) is 25.5 Å². The topological polar surface area (TPSA) is 86.5 Å². The Kier molecular flexibility index (Phi) is 3.84. The molecular formula is C16H14N4O3. The van der Waals surface area contributed by atoms with Crippen LogP contribution in [0.25, 0.3) is 5.65 Å². The van der Waals surface area contributed by atoms with Crippen LogP contribution in [0.1, 0.15) is 27.4 Å². The molecule has 0 aliphatic heterocycles. The molecule has 0 aliphatic rings. The predicted octanol–water partition coefficient (Wildman–Crippen LogP) is 1.46. The summed E-state index contributed by atoms with van der Waals surface area (Å²) in [6.45, 7) is 3.53. The van der Waals surface area contributed by atoms with Crippen LogP contribution < -0.4 is 5.56 Å². The first kappa shape index (κ1) is 14.8. The molecule has 0 fully saturated rings. The van der Waals surface area contributed by atoms with Crippen molar-refractivity contribution in [3.05, 3.63) is 69.8 Å². The van der Waals surface area contributed by atoms with E-state index in [0.717, 1.165) is 5.56 Å². The highest BCUT2D eigenvalue weighted by Crippen LogP contribution is 2.07. The van der Waals surface area contributed by atoms with Crippen molar-refractivity contribution in [2.24, 2.45) is 0 Å². The van der Waals surface area contributed by atoms with Crippen LogP contribution in [0.5, 0.6) is 0 Å². The molecule has 0 atom stereocenters.